The molecule has 4 atom stereocenters. The van der Waals surface area contributed by atoms with Crippen LogP contribution in [0.4, 0.5) is 0 Å². The lowest BCUT2D eigenvalue weighted by Crippen LogP contribution is -2.23. The summed E-state index contributed by atoms with van der Waals surface area (Å²) in [5.41, 5.74) is 0. The first-order chi connectivity index (χ1) is 8.54. The molecule has 0 saturated carbocycles. The minimum atomic E-state index is -0.225. The highest BCUT2D eigenvalue weighted by molar-refractivity contribution is 5.70. The van der Waals surface area contributed by atoms with Crippen molar-refractivity contribution >= 4 is 11.9 Å². The van der Waals surface area contributed by atoms with E-state index in [1.165, 1.54) is 0 Å². The zero-order valence-electron chi connectivity index (χ0n) is 10.9. The van der Waals surface area contributed by atoms with Gasteiger partial charge in [-0.1, -0.05) is 0 Å². The number of ether oxygens (including phenoxy) is 3. The number of carbonyl (C=O) groups is 2. The number of cyclic esters (lactones) is 2. The molecular weight excluding hydrogens is 236 g/mol. The van der Waals surface area contributed by atoms with E-state index in [9.17, 15) is 9.59 Å². The number of esters is 2. The molecule has 0 aromatic rings. The maximum Gasteiger partial charge on any atom is 0.306 e. The van der Waals surface area contributed by atoms with Crippen LogP contribution in [-0.2, 0) is 23.8 Å². The highest BCUT2D eigenvalue weighted by atomic mass is 16.6. The van der Waals surface area contributed by atoms with Gasteiger partial charge < -0.3 is 14.2 Å². The van der Waals surface area contributed by atoms with Crippen LogP contribution < -0.4 is 0 Å². The molecular formula is C13H20O5. The standard InChI is InChI=1S/C13H20O5/c1-8-7-9(2)17-13(15)6-4-11-10(18-11)3-5-12(14)16-8/h8-11H,3-7H2,1-2H3/t8-,9+,10-,11-/m0/s1. The molecule has 0 aliphatic carbocycles. The molecule has 2 saturated heterocycles. The molecule has 18 heavy (non-hydrogen) atoms. The van der Waals surface area contributed by atoms with Crippen LogP contribution in [0.2, 0.25) is 0 Å². The fourth-order valence-corrected chi connectivity index (χ4v) is 2.34. The van der Waals surface area contributed by atoms with Crippen molar-refractivity contribution < 1.29 is 23.8 Å². The normalized spacial score (nSPS) is 38.3. The summed E-state index contributed by atoms with van der Waals surface area (Å²) < 4.78 is 15.9. The molecule has 0 unspecified atom stereocenters. The topological polar surface area (TPSA) is 65.1 Å². The summed E-state index contributed by atoms with van der Waals surface area (Å²) in [5, 5.41) is 0. The van der Waals surface area contributed by atoms with Gasteiger partial charge in [0.25, 0.3) is 0 Å². The van der Waals surface area contributed by atoms with Gasteiger partial charge in [0.15, 0.2) is 0 Å². The molecule has 5 heteroatoms. The summed E-state index contributed by atoms with van der Waals surface area (Å²) in [6.07, 6.45) is 2.44. The van der Waals surface area contributed by atoms with Crippen LogP contribution in [-0.4, -0.2) is 36.4 Å². The van der Waals surface area contributed by atoms with Gasteiger partial charge in [-0.2, -0.15) is 0 Å². The molecule has 0 radical (unpaired) electrons. The van der Waals surface area contributed by atoms with E-state index in [-0.39, 0.29) is 36.4 Å². The lowest BCUT2D eigenvalue weighted by Gasteiger charge is -2.18. The number of rotatable bonds is 0. The Bertz CT molecular complexity index is 297. The Labute approximate surface area is 107 Å². The molecule has 0 N–H and O–H groups in total. The Hall–Kier alpha value is -1.10. The Morgan fingerprint density at radius 3 is 1.78 bits per heavy atom. The van der Waals surface area contributed by atoms with Gasteiger partial charge in [-0.05, 0) is 26.7 Å². The van der Waals surface area contributed by atoms with Crippen molar-refractivity contribution in [2.45, 2.75) is 70.4 Å². The molecule has 102 valence electrons. The van der Waals surface area contributed by atoms with Crippen molar-refractivity contribution in [1.29, 1.82) is 0 Å². The number of carbonyl (C=O) groups excluding carboxylic acids is 2. The van der Waals surface area contributed by atoms with Crippen LogP contribution in [0.3, 0.4) is 0 Å². The van der Waals surface area contributed by atoms with E-state index in [1.807, 2.05) is 13.8 Å². The Kier molecular flexibility index (Phi) is 4.22. The van der Waals surface area contributed by atoms with Gasteiger partial charge in [-0.15, -0.1) is 0 Å². The first-order valence-electron chi connectivity index (χ1n) is 6.59. The summed E-state index contributed by atoms with van der Waals surface area (Å²) >= 11 is 0. The SMILES string of the molecule is C[C@@H]1C[C@H](C)OC(=O)CC[C@@H]2O[C@H]2CCC(=O)O1. The van der Waals surface area contributed by atoms with Gasteiger partial charge in [0.2, 0.25) is 0 Å². The van der Waals surface area contributed by atoms with Gasteiger partial charge in [-0.3, -0.25) is 9.59 Å². The van der Waals surface area contributed by atoms with Gasteiger partial charge >= 0.3 is 11.9 Å². The van der Waals surface area contributed by atoms with Crippen molar-refractivity contribution in [3.63, 3.8) is 0 Å². The molecule has 0 bridgehead atoms. The molecule has 2 heterocycles. The minimum absolute atomic E-state index is 0.110. The Balaban J connectivity index is 1.91. The van der Waals surface area contributed by atoms with Crippen molar-refractivity contribution in [3.8, 4) is 0 Å². The van der Waals surface area contributed by atoms with E-state index in [0.29, 0.717) is 32.1 Å². The van der Waals surface area contributed by atoms with Gasteiger partial charge in [0.05, 0.1) is 12.2 Å². The molecule has 0 aromatic carbocycles. The molecule has 2 fully saturated rings. The molecule has 0 spiro atoms. The zero-order valence-corrected chi connectivity index (χ0v) is 10.9. The smallest absolute Gasteiger partial charge is 0.306 e. The largest absolute Gasteiger partial charge is 0.463 e. The zero-order chi connectivity index (χ0) is 13.1. The second kappa shape index (κ2) is 5.69. The van der Waals surface area contributed by atoms with Crippen LogP contribution in [0.1, 0.15) is 46.0 Å². The number of hydrogen-bond acceptors (Lipinski definition) is 5. The van der Waals surface area contributed by atoms with E-state index < -0.39 is 0 Å². The van der Waals surface area contributed by atoms with Crippen LogP contribution in [0.25, 0.3) is 0 Å². The fraction of sp³-hybridized carbons (Fsp3) is 0.846. The average molecular weight is 256 g/mol. The van der Waals surface area contributed by atoms with Crippen molar-refractivity contribution in [2.24, 2.45) is 0 Å². The van der Waals surface area contributed by atoms with Crippen LogP contribution in [0.5, 0.6) is 0 Å². The number of fused-ring (bicyclic) bond motifs is 1. The maximum absolute atomic E-state index is 11.5. The quantitative estimate of drug-likeness (QED) is 0.486. The average Bonchev–Trinajstić information content (AvgIpc) is 3.00. The second-order valence-corrected chi connectivity index (χ2v) is 5.13. The predicted octanol–water partition coefficient (Wildman–Crippen LogP) is 1.58. The summed E-state index contributed by atoms with van der Waals surface area (Å²) in [7, 11) is 0. The van der Waals surface area contributed by atoms with E-state index in [0.717, 1.165) is 0 Å². The third-order valence-corrected chi connectivity index (χ3v) is 3.28. The van der Waals surface area contributed by atoms with Crippen molar-refractivity contribution in [2.75, 3.05) is 0 Å². The lowest BCUT2D eigenvalue weighted by atomic mass is 10.1. The first kappa shape index (κ1) is 13.3. The Morgan fingerprint density at radius 1 is 0.889 bits per heavy atom. The van der Waals surface area contributed by atoms with Crippen LogP contribution in [0.15, 0.2) is 0 Å². The lowest BCUT2D eigenvalue weighted by molar-refractivity contribution is -0.154. The molecule has 2 aliphatic rings. The Morgan fingerprint density at radius 2 is 1.33 bits per heavy atom. The van der Waals surface area contributed by atoms with E-state index >= 15 is 0 Å². The maximum atomic E-state index is 11.5. The minimum Gasteiger partial charge on any atom is -0.463 e. The van der Waals surface area contributed by atoms with Crippen molar-refractivity contribution in [3.05, 3.63) is 0 Å². The van der Waals surface area contributed by atoms with Gasteiger partial charge in [0.1, 0.15) is 12.2 Å². The first-order valence-corrected chi connectivity index (χ1v) is 6.59. The van der Waals surface area contributed by atoms with Gasteiger partial charge in [-0.25, -0.2) is 0 Å². The third kappa shape index (κ3) is 3.98. The van der Waals surface area contributed by atoms with Crippen LogP contribution >= 0.6 is 0 Å². The second-order valence-electron chi connectivity index (χ2n) is 5.13. The highest BCUT2D eigenvalue weighted by Crippen LogP contribution is 2.31. The van der Waals surface area contributed by atoms with Crippen LogP contribution in [0, 0.1) is 0 Å². The fourth-order valence-electron chi connectivity index (χ4n) is 2.34. The highest BCUT2D eigenvalue weighted by Gasteiger charge is 2.39. The molecule has 0 aromatic heterocycles. The predicted molar refractivity (Wildman–Crippen MR) is 62.9 cm³/mol. The van der Waals surface area contributed by atoms with Crippen molar-refractivity contribution in [1.82, 2.24) is 0 Å². The summed E-state index contributed by atoms with van der Waals surface area (Å²) in [6.45, 7) is 3.64. The molecule has 0 amide bonds. The molecule has 2 rings (SSSR count). The third-order valence-electron chi connectivity index (χ3n) is 3.28. The van der Waals surface area contributed by atoms with Gasteiger partial charge in [0, 0.05) is 19.3 Å². The summed E-state index contributed by atoms with van der Waals surface area (Å²) in [6, 6.07) is 0. The summed E-state index contributed by atoms with van der Waals surface area (Å²) in [5.74, 6) is -0.399. The number of hydrogen-bond donors (Lipinski definition) is 0. The number of epoxide rings is 1. The summed E-state index contributed by atoms with van der Waals surface area (Å²) in [4.78, 5) is 23.1. The van der Waals surface area contributed by atoms with E-state index in [4.69, 9.17) is 14.2 Å². The monoisotopic (exact) mass is 256 g/mol. The van der Waals surface area contributed by atoms with E-state index in [2.05, 4.69) is 0 Å². The molecule has 2 aliphatic heterocycles. The van der Waals surface area contributed by atoms with E-state index in [1.54, 1.807) is 0 Å². The molecule has 5 nitrogen and oxygen atoms in total.